The number of hydrogen-bond acceptors (Lipinski definition) is 5. The van der Waals surface area contributed by atoms with Crippen LogP contribution in [0.15, 0.2) is 59.8 Å². The Morgan fingerprint density at radius 1 is 1.00 bits per heavy atom. The Bertz CT molecular complexity index is 794. The van der Waals surface area contributed by atoms with Crippen LogP contribution in [0.3, 0.4) is 0 Å². The van der Waals surface area contributed by atoms with Crippen molar-refractivity contribution in [3.63, 3.8) is 0 Å². The molecule has 1 saturated carbocycles. The van der Waals surface area contributed by atoms with Crippen molar-refractivity contribution < 1.29 is 19.1 Å². The van der Waals surface area contributed by atoms with Crippen LogP contribution in [0, 0.1) is 3.57 Å². The van der Waals surface area contributed by atoms with Gasteiger partial charge in [-0.2, -0.15) is 0 Å². The van der Waals surface area contributed by atoms with E-state index in [1.807, 2.05) is 31.2 Å². The molecular formula is C20H20INO4. The van der Waals surface area contributed by atoms with Crippen molar-refractivity contribution >= 4 is 28.6 Å². The molecule has 0 saturated heterocycles. The number of carbonyl (C=O) groups is 1. The maximum absolute atomic E-state index is 12.0. The molecule has 0 amide bonds. The predicted octanol–water partition coefficient (Wildman–Crippen LogP) is 4.97. The zero-order chi connectivity index (χ0) is 18.5. The summed E-state index contributed by atoms with van der Waals surface area (Å²) in [6, 6.07) is 14.9. The molecule has 6 heteroatoms. The second-order valence-corrected chi connectivity index (χ2v) is 7.28. The molecule has 1 unspecified atom stereocenters. The van der Waals surface area contributed by atoms with E-state index in [2.05, 4.69) is 28.1 Å². The van der Waals surface area contributed by atoms with Gasteiger partial charge in [-0.05, 0) is 103 Å². The van der Waals surface area contributed by atoms with E-state index < -0.39 is 12.1 Å². The van der Waals surface area contributed by atoms with E-state index in [0.717, 1.165) is 27.9 Å². The lowest BCUT2D eigenvalue weighted by molar-refractivity contribution is -0.157. The first-order valence-electron chi connectivity index (χ1n) is 8.37. The second kappa shape index (κ2) is 8.44. The average molecular weight is 465 g/mol. The van der Waals surface area contributed by atoms with Crippen LogP contribution in [0.2, 0.25) is 0 Å². The summed E-state index contributed by atoms with van der Waals surface area (Å²) < 4.78 is 12.5. The van der Waals surface area contributed by atoms with Crippen LogP contribution in [-0.2, 0) is 9.63 Å². The Morgan fingerprint density at radius 2 is 1.54 bits per heavy atom. The van der Waals surface area contributed by atoms with Crippen molar-refractivity contribution in [2.24, 2.45) is 0 Å². The van der Waals surface area contributed by atoms with Gasteiger partial charge >= 0.3 is 5.97 Å². The van der Waals surface area contributed by atoms with Gasteiger partial charge < -0.3 is 14.3 Å². The maximum Gasteiger partial charge on any atom is 0.371 e. The molecule has 0 aromatic heterocycles. The van der Waals surface area contributed by atoms with Gasteiger partial charge in [0.15, 0.2) is 6.10 Å². The lowest BCUT2D eigenvalue weighted by Gasteiger charge is -2.15. The molecule has 0 radical (unpaired) electrons. The quantitative estimate of drug-likeness (QED) is 0.463. The Labute approximate surface area is 166 Å². The standard InChI is InChI=1S/C20H20INO4/c1-13(15-3-4-15)22-26-20(23)14(2)24-17-9-11-19(12-10-17)25-18-7-5-16(21)6-8-18/h5-12,14,22H,3-4H2,1-2H3. The van der Waals surface area contributed by atoms with Gasteiger partial charge in [-0.15, -0.1) is 0 Å². The van der Waals surface area contributed by atoms with Crippen molar-refractivity contribution in [2.75, 3.05) is 0 Å². The summed E-state index contributed by atoms with van der Waals surface area (Å²) in [6.07, 6.45) is 1.42. The normalized spacial score (nSPS) is 13.6. The van der Waals surface area contributed by atoms with E-state index >= 15 is 0 Å². The Morgan fingerprint density at radius 3 is 2.12 bits per heavy atom. The Kier molecular flexibility index (Phi) is 6.03. The first-order chi connectivity index (χ1) is 12.5. The van der Waals surface area contributed by atoms with Gasteiger partial charge in [0.25, 0.3) is 0 Å². The van der Waals surface area contributed by atoms with Gasteiger partial charge in [0, 0.05) is 9.27 Å². The fourth-order valence-corrected chi connectivity index (χ4v) is 2.56. The SMILES string of the molecule is CC(NOC(=O)C(C)Oc1ccc(Oc2ccc(I)cc2)cc1)=C1CC1. The third-order valence-corrected chi connectivity index (χ3v) is 4.57. The van der Waals surface area contributed by atoms with Crippen LogP contribution in [0.5, 0.6) is 17.2 Å². The number of hydroxylamine groups is 1. The van der Waals surface area contributed by atoms with Crippen molar-refractivity contribution in [1.82, 2.24) is 5.48 Å². The summed E-state index contributed by atoms with van der Waals surface area (Å²) in [5, 5.41) is 0. The van der Waals surface area contributed by atoms with Crippen molar-refractivity contribution in [2.45, 2.75) is 32.8 Å². The third-order valence-electron chi connectivity index (χ3n) is 3.85. The predicted molar refractivity (Wildman–Crippen MR) is 107 cm³/mol. The molecule has 1 fully saturated rings. The monoisotopic (exact) mass is 465 g/mol. The van der Waals surface area contributed by atoms with E-state index in [9.17, 15) is 4.79 Å². The fourth-order valence-electron chi connectivity index (χ4n) is 2.20. The molecule has 136 valence electrons. The topological polar surface area (TPSA) is 56.8 Å². The highest BCUT2D eigenvalue weighted by Crippen LogP contribution is 2.30. The van der Waals surface area contributed by atoms with Crippen molar-refractivity contribution in [3.05, 3.63) is 63.4 Å². The number of halogens is 1. The molecule has 0 aliphatic heterocycles. The van der Waals surface area contributed by atoms with E-state index in [4.69, 9.17) is 14.3 Å². The van der Waals surface area contributed by atoms with Gasteiger partial charge in [0.2, 0.25) is 0 Å². The van der Waals surface area contributed by atoms with Gasteiger partial charge in [-0.1, -0.05) is 0 Å². The van der Waals surface area contributed by atoms with Crippen LogP contribution in [-0.4, -0.2) is 12.1 Å². The summed E-state index contributed by atoms with van der Waals surface area (Å²) >= 11 is 2.25. The zero-order valence-electron chi connectivity index (χ0n) is 14.6. The second-order valence-electron chi connectivity index (χ2n) is 6.04. The van der Waals surface area contributed by atoms with Crippen molar-refractivity contribution in [1.29, 1.82) is 0 Å². The molecule has 0 heterocycles. The fraction of sp³-hybridized carbons (Fsp3) is 0.250. The third kappa shape index (κ3) is 5.39. The van der Waals surface area contributed by atoms with Crippen LogP contribution in [0.1, 0.15) is 26.7 Å². The van der Waals surface area contributed by atoms with Crippen molar-refractivity contribution in [3.8, 4) is 17.2 Å². The Hall–Kier alpha value is -2.22. The maximum atomic E-state index is 12.0. The highest BCUT2D eigenvalue weighted by atomic mass is 127. The number of hydrogen-bond donors (Lipinski definition) is 1. The van der Waals surface area contributed by atoms with Gasteiger partial charge in [-0.25, -0.2) is 10.3 Å². The number of ether oxygens (including phenoxy) is 2. The lowest BCUT2D eigenvalue weighted by Crippen LogP contribution is -2.30. The molecule has 5 nitrogen and oxygen atoms in total. The largest absolute Gasteiger partial charge is 0.479 e. The first-order valence-corrected chi connectivity index (χ1v) is 9.44. The number of rotatable bonds is 7. The summed E-state index contributed by atoms with van der Waals surface area (Å²) in [5.41, 5.74) is 4.87. The zero-order valence-corrected chi connectivity index (χ0v) is 16.8. The molecular weight excluding hydrogens is 445 g/mol. The molecule has 26 heavy (non-hydrogen) atoms. The molecule has 1 N–H and O–H groups in total. The minimum Gasteiger partial charge on any atom is -0.479 e. The van der Waals surface area contributed by atoms with Gasteiger partial charge in [-0.3, -0.25) is 0 Å². The molecule has 1 aliphatic rings. The minimum atomic E-state index is -0.720. The highest BCUT2D eigenvalue weighted by Gasteiger charge is 2.19. The highest BCUT2D eigenvalue weighted by molar-refractivity contribution is 14.1. The number of carbonyl (C=O) groups excluding carboxylic acids is 1. The number of benzene rings is 2. The number of nitrogens with one attached hydrogen (secondary N) is 1. The van der Waals surface area contributed by atoms with Gasteiger partial charge in [0.1, 0.15) is 17.2 Å². The average Bonchev–Trinajstić information content (AvgIpc) is 3.48. The summed E-state index contributed by atoms with van der Waals surface area (Å²) in [4.78, 5) is 17.0. The summed E-state index contributed by atoms with van der Waals surface area (Å²) in [6.45, 7) is 3.55. The van der Waals surface area contributed by atoms with E-state index in [-0.39, 0.29) is 0 Å². The van der Waals surface area contributed by atoms with E-state index in [0.29, 0.717) is 11.5 Å². The van der Waals surface area contributed by atoms with E-state index in [1.165, 1.54) is 5.57 Å². The van der Waals surface area contributed by atoms with Crippen LogP contribution in [0.25, 0.3) is 0 Å². The molecule has 1 aliphatic carbocycles. The van der Waals surface area contributed by atoms with Gasteiger partial charge in [0.05, 0.1) is 0 Å². The molecule has 1 atom stereocenters. The Balaban J connectivity index is 1.50. The first kappa shape index (κ1) is 18.6. The molecule has 2 aromatic rings. The van der Waals surface area contributed by atoms with Crippen LogP contribution < -0.4 is 15.0 Å². The molecule has 3 rings (SSSR count). The lowest BCUT2D eigenvalue weighted by atomic mass is 10.3. The smallest absolute Gasteiger partial charge is 0.371 e. The molecule has 2 aromatic carbocycles. The summed E-state index contributed by atoms with van der Waals surface area (Å²) in [7, 11) is 0. The summed E-state index contributed by atoms with van der Waals surface area (Å²) in [5.74, 6) is 1.57. The molecule has 0 spiro atoms. The molecule has 0 bridgehead atoms. The van der Waals surface area contributed by atoms with Crippen LogP contribution in [0.4, 0.5) is 0 Å². The van der Waals surface area contributed by atoms with E-state index in [1.54, 1.807) is 31.2 Å². The minimum absolute atomic E-state index is 0.468. The number of allylic oxidation sites excluding steroid dienone is 2. The van der Waals surface area contributed by atoms with Crippen LogP contribution >= 0.6 is 22.6 Å².